The second-order valence-electron chi connectivity index (χ2n) is 3.38. The van der Waals surface area contributed by atoms with Gasteiger partial charge in [-0.2, -0.15) is 0 Å². The molecule has 0 aromatic rings. The van der Waals surface area contributed by atoms with E-state index in [2.05, 4.69) is 5.32 Å². The summed E-state index contributed by atoms with van der Waals surface area (Å²) in [5.74, 6) is 0.110. The number of rotatable bonds is 5. The SMILES string of the molecule is NCCCNC(=O)C1(CN)CC1. The molecule has 0 aliphatic heterocycles. The van der Waals surface area contributed by atoms with Gasteiger partial charge in [-0.15, -0.1) is 0 Å². The first-order valence-corrected chi connectivity index (χ1v) is 4.43. The summed E-state index contributed by atoms with van der Waals surface area (Å²) in [6.45, 7) is 1.77. The van der Waals surface area contributed by atoms with E-state index in [1.165, 1.54) is 0 Å². The molecule has 0 atom stereocenters. The van der Waals surface area contributed by atoms with Crippen LogP contribution in [0.4, 0.5) is 0 Å². The maximum absolute atomic E-state index is 11.4. The highest BCUT2D eigenvalue weighted by Crippen LogP contribution is 2.44. The third-order valence-corrected chi connectivity index (χ3v) is 2.39. The minimum Gasteiger partial charge on any atom is -0.356 e. The van der Waals surface area contributed by atoms with Crippen LogP contribution < -0.4 is 16.8 Å². The minimum absolute atomic E-state index is 0.110. The van der Waals surface area contributed by atoms with Crippen molar-refractivity contribution in [1.82, 2.24) is 5.32 Å². The zero-order valence-corrected chi connectivity index (χ0v) is 7.31. The van der Waals surface area contributed by atoms with Crippen molar-refractivity contribution in [3.8, 4) is 0 Å². The summed E-state index contributed by atoms with van der Waals surface area (Å²) >= 11 is 0. The highest BCUT2D eigenvalue weighted by molar-refractivity contribution is 5.85. The molecule has 4 nitrogen and oxygen atoms in total. The highest BCUT2D eigenvalue weighted by atomic mass is 16.2. The molecule has 1 aliphatic rings. The van der Waals surface area contributed by atoms with Gasteiger partial charge >= 0.3 is 0 Å². The van der Waals surface area contributed by atoms with Crippen LogP contribution in [0.1, 0.15) is 19.3 Å². The molecule has 1 aliphatic carbocycles. The fraction of sp³-hybridized carbons (Fsp3) is 0.875. The topological polar surface area (TPSA) is 81.1 Å². The zero-order chi connectivity index (χ0) is 9.03. The van der Waals surface area contributed by atoms with Crippen LogP contribution >= 0.6 is 0 Å². The summed E-state index contributed by atoms with van der Waals surface area (Å²) < 4.78 is 0. The molecule has 70 valence electrons. The Morgan fingerprint density at radius 2 is 2.08 bits per heavy atom. The maximum Gasteiger partial charge on any atom is 0.227 e. The van der Waals surface area contributed by atoms with Crippen molar-refractivity contribution in [2.75, 3.05) is 19.6 Å². The summed E-state index contributed by atoms with van der Waals surface area (Å²) in [6.07, 6.45) is 2.72. The van der Waals surface area contributed by atoms with E-state index in [0.717, 1.165) is 19.3 Å². The van der Waals surface area contributed by atoms with Gasteiger partial charge in [-0.3, -0.25) is 4.79 Å². The Hall–Kier alpha value is -0.610. The van der Waals surface area contributed by atoms with Crippen LogP contribution in [0, 0.1) is 5.41 Å². The molecule has 0 aromatic heterocycles. The van der Waals surface area contributed by atoms with Crippen LogP contribution in [0.15, 0.2) is 0 Å². The third kappa shape index (κ3) is 1.95. The number of carbonyl (C=O) groups is 1. The van der Waals surface area contributed by atoms with E-state index in [0.29, 0.717) is 19.6 Å². The minimum atomic E-state index is -0.214. The van der Waals surface area contributed by atoms with E-state index < -0.39 is 0 Å². The second-order valence-corrected chi connectivity index (χ2v) is 3.38. The molecule has 0 heterocycles. The molecule has 1 fully saturated rings. The monoisotopic (exact) mass is 171 g/mol. The summed E-state index contributed by atoms with van der Waals surface area (Å²) in [5.41, 5.74) is 10.6. The lowest BCUT2D eigenvalue weighted by Gasteiger charge is -2.11. The molecule has 1 rings (SSSR count). The van der Waals surface area contributed by atoms with Gasteiger partial charge in [0.05, 0.1) is 5.41 Å². The normalized spacial score (nSPS) is 18.8. The van der Waals surface area contributed by atoms with Crippen molar-refractivity contribution >= 4 is 5.91 Å². The van der Waals surface area contributed by atoms with Crippen LogP contribution in [0.25, 0.3) is 0 Å². The summed E-state index contributed by atoms with van der Waals surface area (Å²) in [7, 11) is 0. The average molecular weight is 171 g/mol. The molecule has 0 bridgehead atoms. The van der Waals surface area contributed by atoms with E-state index >= 15 is 0 Å². The van der Waals surface area contributed by atoms with E-state index in [4.69, 9.17) is 11.5 Å². The van der Waals surface area contributed by atoms with Gasteiger partial charge in [0.15, 0.2) is 0 Å². The lowest BCUT2D eigenvalue weighted by Crippen LogP contribution is -2.37. The summed E-state index contributed by atoms with van der Waals surface area (Å²) in [4.78, 5) is 11.4. The Bertz CT molecular complexity index is 166. The molecule has 12 heavy (non-hydrogen) atoms. The average Bonchev–Trinajstić information content (AvgIpc) is 2.85. The van der Waals surface area contributed by atoms with Crippen molar-refractivity contribution in [2.24, 2.45) is 16.9 Å². The molecule has 0 unspecified atom stereocenters. The van der Waals surface area contributed by atoms with Crippen molar-refractivity contribution in [2.45, 2.75) is 19.3 Å². The van der Waals surface area contributed by atoms with Gasteiger partial charge in [0.25, 0.3) is 0 Å². The maximum atomic E-state index is 11.4. The van der Waals surface area contributed by atoms with Crippen LogP contribution in [0.2, 0.25) is 0 Å². The molecule has 0 radical (unpaired) electrons. The first-order valence-electron chi connectivity index (χ1n) is 4.43. The van der Waals surface area contributed by atoms with E-state index in [9.17, 15) is 4.79 Å². The standard InChI is InChI=1S/C8H17N3O/c9-4-1-5-11-7(12)8(6-10)2-3-8/h1-6,9-10H2,(H,11,12). The molecule has 0 aromatic carbocycles. The lowest BCUT2D eigenvalue weighted by molar-refractivity contribution is -0.125. The number of hydrogen-bond acceptors (Lipinski definition) is 3. The van der Waals surface area contributed by atoms with E-state index in [-0.39, 0.29) is 11.3 Å². The quantitative estimate of drug-likeness (QED) is 0.473. The lowest BCUT2D eigenvalue weighted by atomic mass is 10.1. The van der Waals surface area contributed by atoms with Gasteiger partial charge in [-0.05, 0) is 25.8 Å². The molecule has 1 amide bonds. The Labute approximate surface area is 72.7 Å². The van der Waals surface area contributed by atoms with E-state index in [1.54, 1.807) is 0 Å². The predicted octanol–water partition coefficient (Wildman–Crippen LogP) is -0.810. The van der Waals surface area contributed by atoms with Gasteiger partial charge in [0, 0.05) is 13.1 Å². The smallest absolute Gasteiger partial charge is 0.227 e. The molecule has 0 saturated heterocycles. The van der Waals surface area contributed by atoms with E-state index in [1.807, 2.05) is 0 Å². The Balaban J connectivity index is 2.20. The summed E-state index contributed by atoms with van der Waals surface area (Å²) in [6, 6.07) is 0. The fourth-order valence-electron chi connectivity index (χ4n) is 1.17. The van der Waals surface area contributed by atoms with Crippen LogP contribution in [-0.2, 0) is 4.79 Å². The highest BCUT2D eigenvalue weighted by Gasteiger charge is 2.48. The number of hydrogen-bond donors (Lipinski definition) is 3. The van der Waals surface area contributed by atoms with Gasteiger partial charge in [0.2, 0.25) is 5.91 Å². The van der Waals surface area contributed by atoms with Crippen molar-refractivity contribution in [3.05, 3.63) is 0 Å². The Kier molecular flexibility index (Phi) is 3.05. The van der Waals surface area contributed by atoms with Crippen molar-refractivity contribution in [1.29, 1.82) is 0 Å². The number of nitrogens with one attached hydrogen (secondary N) is 1. The predicted molar refractivity (Wildman–Crippen MR) is 47.4 cm³/mol. The van der Waals surface area contributed by atoms with Gasteiger partial charge < -0.3 is 16.8 Å². The Morgan fingerprint density at radius 3 is 2.50 bits per heavy atom. The molecular formula is C8H17N3O. The van der Waals surface area contributed by atoms with Crippen LogP contribution in [-0.4, -0.2) is 25.5 Å². The number of amides is 1. The number of nitrogens with two attached hydrogens (primary N) is 2. The first kappa shape index (κ1) is 9.48. The van der Waals surface area contributed by atoms with Gasteiger partial charge in [-0.25, -0.2) is 0 Å². The molecule has 5 N–H and O–H groups in total. The fourth-order valence-corrected chi connectivity index (χ4v) is 1.17. The molecule has 0 spiro atoms. The molecule has 4 heteroatoms. The Morgan fingerprint density at radius 1 is 1.42 bits per heavy atom. The molecular weight excluding hydrogens is 154 g/mol. The van der Waals surface area contributed by atoms with Gasteiger partial charge in [0.1, 0.15) is 0 Å². The largest absolute Gasteiger partial charge is 0.356 e. The van der Waals surface area contributed by atoms with Crippen LogP contribution in [0.5, 0.6) is 0 Å². The number of carbonyl (C=O) groups excluding carboxylic acids is 1. The van der Waals surface area contributed by atoms with Gasteiger partial charge in [-0.1, -0.05) is 0 Å². The second kappa shape index (κ2) is 3.87. The third-order valence-electron chi connectivity index (χ3n) is 2.39. The first-order chi connectivity index (χ1) is 5.75. The zero-order valence-electron chi connectivity index (χ0n) is 7.31. The summed E-state index contributed by atoms with van der Waals surface area (Å²) in [5, 5.41) is 2.84. The van der Waals surface area contributed by atoms with Crippen LogP contribution in [0.3, 0.4) is 0 Å². The molecule has 1 saturated carbocycles. The van der Waals surface area contributed by atoms with Crippen molar-refractivity contribution in [3.63, 3.8) is 0 Å². The van der Waals surface area contributed by atoms with Crippen molar-refractivity contribution < 1.29 is 4.79 Å².